The molecule has 1 rings (SSSR count). The third kappa shape index (κ3) is 4.50. The summed E-state index contributed by atoms with van der Waals surface area (Å²) < 4.78 is 0. The largest absolute Gasteiger partial charge is 0.321 e. The van der Waals surface area contributed by atoms with Gasteiger partial charge in [0, 0.05) is 5.54 Å². The average Bonchev–Trinajstić information content (AvgIpc) is 2.35. The van der Waals surface area contributed by atoms with Crippen LogP contribution in [-0.4, -0.2) is 0 Å². The van der Waals surface area contributed by atoms with Gasteiger partial charge in [0.2, 0.25) is 0 Å². The lowest BCUT2D eigenvalue weighted by Crippen LogP contribution is -2.37. The molecule has 106 valence electrons. The molecule has 1 heteroatoms. The van der Waals surface area contributed by atoms with Crippen molar-refractivity contribution in [3.8, 4) is 0 Å². The lowest BCUT2D eigenvalue weighted by atomic mass is 9.79. The fraction of sp³-hybridized carbons (Fsp3) is 0.556. The summed E-state index contributed by atoms with van der Waals surface area (Å²) in [5.41, 5.74) is 10.3. The monoisotopic (exact) mass is 259 g/mol. The maximum Gasteiger partial charge on any atom is 0.0447 e. The number of aryl methyl sites for hydroxylation is 1. The molecule has 0 heterocycles. The van der Waals surface area contributed by atoms with Gasteiger partial charge >= 0.3 is 0 Å². The topological polar surface area (TPSA) is 26.0 Å². The molecule has 1 unspecified atom stereocenters. The summed E-state index contributed by atoms with van der Waals surface area (Å²) in [6, 6.07) is 8.65. The highest BCUT2D eigenvalue weighted by Gasteiger charge is 2.27. The van der Waals surface area contributed by atoms with Crippen molar-refractivity contribution in [1.29, 1.82) is 0 Å². The third-order valence-electron chi connectivity index (χ3n) is 3.79. The molecule has 0 aliphatic carbocycles. The smallest absolute Gasteiger partial charge is 0.0447 e. The molecule has 0 amide bonds. The van der Waals surface area contributed by atoms with Crippen LogP contribution < -0.4 is 5.73 Å². The van der Waals surface area contributed by atoms with Gasteiger partial charge in [-0.25, -0.2) is 0 Å². The summed E-state index contributed by atoms with van der Waals surface area (Å²) in [6.07, 6.45) is 4.13. The van der Waals surface area contributed by atoms with Crippen molar-refractivity contribution in [3.05, 3.63) is 47.5 Å². The fourth-order valence-electron chi connectivity index (χ4n) is 2.62. The van der Waals surface area contributed by atoms with Crippen molar-refractivity contribution >= 4 is 0 Å². The van der Waals surface area contributed by atoms with Crippen molar-refractivity contribution in [2.24, 2.45) is 11.7 Å². The predicted octanol–water partition coefficient (Wildman–Crippen LogP) is 4.81. The molecule has 1 nitrogen and oxygen atoms in total. The van der Waals surface area contributed by atoms with Crippen molar-refractivity contribution in [2.75, 3.05) is 0 Å². The maximum atomic E-state index is 6.67. The molecular weight excluding hydrogens is 230 g/mol. The van der Waals surface area contributed by atoms with Gasteiger partial charge in [-0.05, 0) is 49.7 Å². The number of rotatable bonds is 7. The zero-order chi connectivity index (χ0) is 14.5. The van der Waals surface area contributed by atoms with Crippen LogP contribution >= 0.6 is 0 Å². The van der Waals surface area contributed by atoms with E-state index in [9.17, 15) is 0 Å². The Morgan fingerprint density at radius 1 is 1.32 bits per heavy atom. The van der Waals surface area contributed by atoms with Gasteiger partial charge in [0.25, 0.3) is 0 Å². The van der Waals surface area contributed by atoms with E-state index in [1.54, 1.807) is 0 Å². The normalized spacial score (nSPS) is 14.4. The average molecular weight is 259 g/mol. The Kier molecular flexibility index (Phi) is 5.81. The minimum absolute atomic E-state index is 0.264. The van der Waals surface area contributed by atoms with Crippen molar-refractivity contribution in [1.82, 2.24) is 0 Å². The van der Waals surface area contributed by atoms with E-state index in [1.807, 2.05) is 0 Å². The van der Waals surface area contributed by atoms with Gasteiger partial charge in [0.05, 0.1) is 0 Å². The summed E-state index contributed by atoms with van der Waals surface area (Å²) in [5.74, 6) is 0.725. The van der Waals surface area contributed by atoms with Crippen LogP contribution in [0.5, 0.6) is 0 Å². The number of benzene rings is 1. The molecule has 0 saturated heterocycles. The Morgan fingerprint density at radius 3 is 2.47 bits per heavy atom. The predicted molar refractivity (Wildman–Crippen MR) is 85.2 cm³/mol. The Bertz CT molecular complexity index is 419. The van der Waals surface area contributed by atoms with E-state index in [-0.39, 0.29) is 5.54 Å². The standard InChI is InChI=1S/C18H29N/c1-6-18(19,13-15(4)5)17-10-8-7-9-16(17)12-11-14(2)3/h7-10,14H,4,6,11-13,19H2,1-3,5H3. The molecule has 0 aliphatic rings. The lowest BCUT2D eigenvalue weighted by Gasteiger charge is -2.31. The van der Waals surface area contributed by atoms with Gasteiger partial charge in [-0.15, -0.1) is 6.58 Å². The van der Waals surface area contributed by atoms with Gasteiger partial charge < -0.3 is 5.73 Å². The first-order valence-electron chi connectivity index (χ1n) is 7.40. The highest BCUT2D eigenvalue weighted by Crippen LogP contribution is 2.32. The van der Waals surface area contributed by atoms with Crippen LogP contribution in [0, 0.1) is 5.92 Å². The maximum absolute atomic E-state index is 6.67. The molecule has 0 fully saturated rings. The van der Waals surface area contributed by atoms with E-state index >= 15 is 0 Å². The fourth-order valence-corrected chi connectivity index (χ4v) is 2.62. The Hall–Kier alpha value is -1.08. The third-order valence-corrected chi connectivity index (χ3v) is 3.79. The first-order chi connectivity index (χ1) is 8.89. The van der Waals surface area contributed by atoms with Gasteiger partial charge in [-0.3, -0.25) is 0 Å². The van der Waals surface area contributed by atoms with Crippen LogP contribution in [0.25, 0.3) is 0 Å². The van der Waals surface area contributed by atoms with Crippen molar-refractivity contribution in [2.45, 2.75) is 58.9 Å². The van der Waals surface area contributed by atoms with Crippen LogP contribution in [0.4, 0.5) is 0 Å². The first kappa shape index (κ1) is 16.0. The molecule has 1 aromatic rings. The quantitative estimate of drug-likeness (QED) is 0.699. The molecule has 19 heavy (non-hydrogen) atoms. The van der Waals surface area contributed by atoms with Crippen LogP contribution in [0.3, 0.4) is 0 Å². The van der Waals surface area contributed by atoms with E-state index < -0.39 is 0 Å². The summed E-state index contributed by atoms with van der Waals surface area (Å²) in [5, 5.41) is 0. The lowest BCUT2D eigenvalue weighted by molar-refractivity contribution is 0.418. The van der Waals surface area contributed by atoms with E-state index in [1.165, 1.54) is 17.5 Å². The van der Waals surface area contributed by atoms with Gasteiger partial charge in [-0.2, -0.15) is 0 Å². The van der Waals surface area contributed by atoms with E-state index in [2.05, 4.69) is 58.5 Å². The minimum Gasteiger partial charge on any atom is -0.321 e. The highest BCUT2D eigenvalue weighted by atomic mass is 14.7. The second-order valence-corrected chi connectivity index (χ2v) is 6.23. The number of hydrogen-bond acceptors (Lipinski definition) is 1. The van der Waals surface area contributed by atoms with Crippen LogP contribution in [-0.2, 0) is 12.0 Å². The molecule has 0 saturated carbocycles. The summed E-state index contributed by atoms with van der Waals surface area (Å²) >= 11 is 0. The Labute approximate surface area is 118 Å². The van der Waals surface area contributed by atoms with E-state index in [4.69, 9.17) is 5.73 Å². The van der Waals surface area contributed by atoms with Gasteiger partial charge in [-0.1, -0.05) is 50.6 Å². The minimum atomic E-state index is -0.264. The zero-order valence-corrected chi connectivity index (χ0v) is 13.0. The van der Waals surface area contributed by atoms with E-state index in [0.29, 0.717) is 0 Å². The number of nitrogens with two attached hydrogens (primary N) is 1. The highest BCUT2D eigenvalue weighted by molar-refractivity contribution is 5.34. The second kappa shape index (κ2) is 6.91. The molecule has 0 aromatic heterocycles. The van der Waals surface area contributed by atoms with E-state index in [0.717, 1.165) is 30.8 Å². The molecule has 0 bridgehead atoms. The number of hydrogen-bond donors (Lipinski definition) is 1. The molecule has 0 radical (unpaired) electrons. The van der Waals surface area contributed by atoms with Crippen molar-refractivity contribution < 1.29 is 0 Å². The van der Waals surface area contributed by atoms with Crippen LogP contribution in [0.2, 0.25) is 0 Å². The van der Waals surface area contributed by atoms with Gasteiger partial charge in [0.1, 0.15) is 0 Å². The van der Waals surface area contributed by atoms with Crippen LogP contribution in [0.15, 0.2) is 36.4 Å². The Morgan fingerprint density at radius 2 is 1.95 bits per heavy atom. The summed E-state index contributed by atoms with van der Waals surface area (Å²) in [7, 11) is 0. The van der Waals surface area contributed by atoms with Gasteiger partial charge in [0.15, 0.2) is 0 Å². The molecule has 0 spiro atoms. The molecule has 1 atom stereocenters. The molecule has 1 aromatic carbocycles. The SMILES string of the molecule is C=C(C)CC(N)(CC)c1ccccc1CCC(C)C. The molecular formula is C18H29N. The molecule has 2 N–H and O–H groups in total. The first-order valence-corrected chi connectivity index (χ1v) is 7.40. The second-order valence-electron chi connectivity index (χ2n) is 6.23. The molecule has 0 aliphatic heterocycles. The van der Waals surface area contributed by atoms with Crippen LogP contribution in [0.1, 0.15) is 58.1 Å². The summed E-state index contributed by atoms with van der Waals surface area (Å²) in [6.45, 7) is 12.8. The summed E-state index contributed by atoms with van der Waals surface area (Å²) in [4.78, 5) is 0. The van der Waals surface area contributed by atoms with Crippen molar-refractivity contribution in [3.63, 3.8) is 0 Å². The Balaban J connectivity index is 3.05. The zero-order valence-electron chi connectivity index (χ0n) is 13.0.